The minimum Gasteiger partial charge on any atom is -0.497 e. The highest BCUT2D eigenvalue weighted by Gasteiger charge is 2.16. The van der Waals surface area contributed by atoms with Crippen molar-refractivity contribution in [1.29, 1.82) is 0 Å². The van der Waals surface area contributed by atoms with Crippen molar-refractivity contribution in [2.75, 3.05) is 12.4 Å². The molecule has 0 aliphatic carbocycles. The van der Waals surface area contributed by atoms with Gasteiger partial charge in [0.15, 0.2) is 11.5 Å². The molecular weight excluding hydrogens is 364 g/mol. The summed E-state index contributed by atoms with van der Waals surface area (Å²) in [5, 5.41) is 12.9. The second-order valence-corrected chi connectivity index (χ2v) is 6.68. The average molecular weight is 380 g/mol. The van der Waals surface area contributed by atoms with E-state index in [1.54, 1.807) is 30.1 Å². The Balaban J connectivity index is 1.47. The molecule has 1 N–H and O–H groups in total. The van der Waals surface area contributed by atoms with Crippen LogP contribution in [0.4, 0.5) is 5.82 Å². The predicted molar refractivity (Wildman–Crippen MR) is 102 cm³/mol. The number of thiophene rings is 1. The second-order valence-electron chi connectivity index (χ2n) is 5.73. The summed E-state index contributed by atoms with van der Waals surface area (Å²) >= 11 is 1.52. The number of hydrogen-bond acceptors (Lipinski definition) is 6. The van der Waals surface area contributed by atoms with Crippen LogP contribution in [0.3, 0.4) is 0 Å². The first kappa shape index (κ1) is 17.0. The topological polar surface area (TPSA) is 82.2 Å². The van der Waals surface area contributed by atoms with E-state index in [9.17, 15) is 4.79 Å². The molecule has 0 radical (unpaired) electrons. The number of methoxy groups -OCH3 is 1. The average Bonchev–Trinajstić information content (AvgIpc) is 3.44. The minimum absolute atomic E-state index is 0.218. The van der Waals surface area contributed by atoms with Crippen molar-refractivity contribution < 1.29 is 14.1 Å². The van der Waals surface area contributed by atoms with Gasteiger partial charge in [-0.2, -0.15) is 5.10 Å². The molecular formula is C19H16N4O3S. The molecule has 136 valence electrons. The number of rotatable bonds is 6. The number of hydrogen-bond donors (Lipinski definition) is 1. The molecule has 1 amide bonds. The second kappa shape index (κ2) is 7.46. The molecule has 3 heterocycles. The zero-order valence-corrected chi connectivity index (χ0v) is 15.3. The summed E-state index contributed by atoms with van der Waals surface area (Å²) < 4.78 is 12.1. The Morgan fingerprint density at radius 3 is 2.85 bits per heavy atom. The Morgan fingerprint density at radius 1 is 1.26 bits per heavy atom. The molecule has 4 rings (SSSR count). The van der Waals surface area contributed by atoms with E-state index < -0.39 is 0 Å². The van der Waals surface area contributed by atoms with Crippen molar-refractivity contribution in [2.45, 2.75) is 6.54 Å². The van der Waals surface area contributed by atoms with Crippen LogP contribution in [0.2, 0.25) is 0 Å². The van der Waals surface area contributed by atoms with E-state index in [0.29, 0.717) is 18.1 Å². The molecule has 4 aromatic rings. The SMILES string of the molecule is COc1ccc(Cn2nccc2NC(=O)c2cc(-c3cccs3)on2)cc1. The lowest BCUT2D eigenvalue weighted by molar-refractivity contribution is 0.101. The van der Waals surface area contributed by atoms with Gasteiger partial charge in [0.1, 0.15) is 11.6 Å². The van der Waals surface area contributed by atoms with Crippen molar-refractivity contribution in [3.8, 4) is 16.4 Å². The van der Waals surface area contributed by atoms with Gasteiger partial charge in [-0.25, -0.2) is 4.68 Å². The van der Waals surface area contributed by atoms with Crippen molar-refractivity contribution in [1.82, 2.24) is 14.9 Å². The van der Waals surface area contributed by atoms with Gasteiger partial charge < -0.3 is 14.6 Å². The van der Waals surface area contributed by atoms with E-state index in [-0.39, 0.29) is 11.6 Å². The first-order valence-corrected chi connectivity index (χ1v) is 9.07. The third kappa shape index (κ3) is 3.75. The van der Waals surface area contributed by atoms with E-state index in [2.05, 4.69) is 15.6 Å². The van der Waals surface area contributed by atoms with E-state index in [0.717, 1.165) is 16.2 Å². The van der Waals surface area contributed by atoms with E-state index >= 15 is 0 Å². The van der Waals surface area contributed by atoms with Crippen LogP contribution in [0.5, 0.6) is 5.75 Å². The molecule has 0 aliphatic heterocycles. The van der Waals surface area contributed by atoms with Crippen LogP contribution >= 0.6 is 11.3 Å². The summed E-state index contributed by atoms with van der Waals surface area (Å²) in [5.74, 6) is 1.59. The van der Waals surface area contributed by atoms with Gasteiger partial charge >= 0.3 is 0 Å². The molecule has 3 aromatic heterocycles. The smallest absolute Gasteiger partial charge is 0.279 e. The first-order chi connectivity index (χ1) is 13.2. The minimum atomic E-state index is -0.349. The molecule has 0 fully saturated rings. The normalized spacial score (nSPS) is 10.7. The highest BCUT2D eigenvalue weighted by Crippen LogP contribution is 2.25. The van der Waals surface area contributed by atoms with Crippen molar-refractivity contribution >= 4 is 23.1 Å². The molecule has 1 aromatic carbocycles. The number of amides is 1. The van der Waals surface area contributed by atoms with Crippen LogP contribution in [0, 0.1) is 0 Å². The zero-order valence-electron chi connectivity index (χ0n) is 14.5. The Kier molecular flexibility index (Phi) is 4.71. The number of ether oxygens (including phenoxy) is 1. The summed E-state index contributed by atoms with van der Waals surface area (Å²) in [5.41, 5.74) is 1.26. The molecule has 0 aliphatic rings. The van der Waals surface area contributed by atoms with E-state index in [4.69, 9.17) is 9.26 Å². The van der Waals surface area contributed by atoms with E-state index in [1.165, 1.54) is 11.3 Å². The van der Waals surface area contributed by atoms with Crippen LogP contribution in [0.15, 0.2) is 64.6 Å². The molecule has 0 atom stereocenters. The molecule has 0 unspecified atom stereocenters. The monoisotopic (exact) mass is 380 g/mol. The summed E-state index contributed by atoms with van der Waals surface area (Å²) in [4.78, 5) is 13.4. The first-order valence-electron chi connectivity index (χ1n) is 8.19. The molecule has 8 heteroatoms. The van der Waals surface area contributed by atoms with Crippen LogP contribution in [-0.4, -0.2) is 28.0 Å². The maximum Gasteiger partial charge on any atom is 0.279 e. The number of nitrogens with zero attached hydrogens (tertiary/aromatic N) is 3. The standard InChI is InChI=1S/C19H16N4O3S/c1-25-14-6-4-13(5-7-14)12-23-18(8-9-20-23)21-19(24)15-11-16(26-22-15)17-3-2-10-27-17/h2-11H,12H2,1H3,(H,21,24). The van der Waals surface area contributed by atoms with Gasteiger partial charge in [-0.3, -0.25) is 4.79 Å². The van der Waals surface area contributed by atoms with Crippen molar-refractivity contribution in [3.05, 3.63) is 71.4 Å². The number of carbonyl (C=O) groups is 1. The Morgan fingerprint density at radius 2 is 2.11 bits per heavy atom. The fourth-order valence-corrected chi connectivity index (χ4v) is 3.24. The molecule has 0 spiro atoms. The van der Waals surface area contributed by atoms with Gasteiger partial charge in [0.05, 0.1) is 24.7 Å². The third-order valence-electron chi connectivity index (χ3n) is 3.96. The number of benzene rings is 1. The molecule has 0 saturated heterocycles. The number of anilines is 1. The number of carbonyl (C=O) groups excluding carboxylic acids is 1. The number of nitrogens with one attached hydrogen (secondary N) is 1. The van der Waals surface area contributed by atoms with Crippen LogP contribution in [0.25, 0.3) is 10.6 Å². The third-order valence-corrected chi connectivity index (χ3v) is 4.84. The van der Waals surface area contributed by atoms with Gasteiger partial charge in [-0.05, 0) is 29.1 Å². The largest absolute Gasteiger partial charge is 0.497 e. The van der Waals surface area contributed by atoms with Crippen LogP contribution in [-0.2, 0) is 6.54 Å². The van der Waals surface area contributed by atoms with Gasteiger partial charge in [0.25, 0.3) is 5.91 Å². The predicted octanol–water partition coefficient (Wildman–Crippen LogP) is 3.91. The quantitative estimate of drug-likeness (QED) is 0.548. The van der Waals surface area contributed by atoms with Crippen molar-refractivity contribution in [2.24, 2.45) is 0 Å². The molecule has 7 nitrogen and oxygen atoms in total. The summed E-state index contributed by atoms with van der Waals surface area (Å²) in [6.07, 6.45) is 1.64. The van der Waals surface area contributed by atoms with Crippen LogP contribution < -0.4 is 10.1 Å². The fraction of sp³-hybridized carbons (Fsp3) is 0.105. The Labute approximate surface area is 159 Å². The lowest BCUT2D eigenvalue weighted by Gasteiger charge is -2.08. The highest BCUT2D eigenvalue weighted by molar-refractivity contribution is 7.13. The Bertz CT molecular complexity index is 1040. The van der Waals surface area contributed by atoms with Gasteiger partial charge in [0, 0.05) is 12.1 Å². The van der Waals surface area contributed by atoms with Gasteiger partial charge in [-0.1, -0.05) is 23.4 Å². The molecule has 27 heavy (non-hydrogen) atoms. The lowest BCUT2D eigenvalue weighted by Crippen LogP contribution is -2.16. The highest BCUT2D eigenvalue weighted by atomic mass is 32.1. The molecule has 0 saturated carbocycles. The summed E-state index contributed by atoms with van der Waals surface area (Å²) in [7, 11) is 1.63. The van der Waals surface area contributed by atoms with E-state index in [1.807, 2.05) is 41.8 Å². The van der Waals surface area contributed by atoms with Gasteiger partial charge in [-0.15, -0.1) is 11.3 Å². The van der Waals surface area contributed by atoms with Gasteiger partial charge in [0.2, 0.25) is 0 Å². The van der Waals surface area contributed by atoms with Crippen LogP contribution in [0.1, 0.15) is 16.1 Å². The fourth-order valence-electron chi connectivity index (χ4n) is 2.57. The Hall–Kier alpha value is -3.39. The lowest BCUT2D eigenvalue weighted by atomic mass is 10.2. The maximum absolute atomic E-state index is 12.5. The number of aromatic nitrogens is 3. The van der Waals surface area contributed by atoms with Crippen molar-refractivity contribution in [3.63, 3.8) is 0 Å². The zero-order chi connectivity index (χ0) is 18.6. The summed E-state index contributed by atoms with van der Waals surface area (Å²) in [6, 6.07) is 14.9. The summed E-state index contributed by atoms with van der Waals surface area (Å²) in [6.45, 7) is 0.520. The molecule has 0 bridgehead atoms. The maximum atomic E-state index is 12.5.